The first kappa shape index (κ1) is 8.41. The SMILES string of the molecule is CC(C)(C)OC(=O)N1CC2=C(C1)O2. The highest BCUT2D eigenvalue weighted by Gasteiger charge is 2.39. The van der Waals surface area contributed by atoms with E-state index in [2.05, 4.69) is 0 Å². The highest BCUT2D eigenvalue weighted by Crippen LogP contribution is 2.34. The fraction of sp³-hybridized carbons (Fsp3) is 0.667. The minimum absolute atomic E-state index is 0.261. The lowest BCUT2D eigenvalue weighted by Gasteiger charge is -2.24. The van der Waals surface area contributed by atoms with E-state index in [9.17, 15) is 4.79 Å². The van der Waals surface area contributed by atoms with Crippen molar-refractivity contribution in [2.24, 2.45) is 0 Å². The molecule has 0 aromatic heterocycles. The molecule has 2 rings (SSSR count). The minimum Gasteiger partial charge on any atom is -0.455 e. The number of hydrogen-bond acceptors (Lipinski definition) is 3. The van der Waals surface area contributed by atoms with Crippen LogP contribution in [0.4, 0.5) is 4.79 Å². The number of amides is 1. The topological polar surface area (TPSA) is 42.1 Å². The van der Waals surface area contributed by atoms with Crippen LogP contribution in [-0.4, -0.2) is 29.7 Å². The minimum atomic E-state index is -0.417. The number of carbonyl (C=O) groups is 1. The van der Waals surface area contributed by atoms with Crippen LogP contribution in [0.25, 0.3) is 0 Å². The van der Waals surface area contributed by atoms with Crippen LogP contribution >= 0.6 is 0 Å². The molecular formula is C9H13NO3. The van der Waals surface area contributed by atoms with E-state index >= 15 is 0 Å². The molecule has 13 heavy (non-hydrogen) atoms. The van der Waals surface area contributed by atoms with E-state index in [0.29, 0.717) is 13.1 Å². The summed E-state index contributed by atoms with van der Waals surface area (Å²) in [4.78, 5) is 13.1. The first-order valence-electron chi connectivity index (χ1n) is 4.33. The van der Waals surface area contributed by atoms with Gasteiger partial charge in [0.05, 0.1) is 13.1 Å². The summed E-state index contributed by atoms with van der Waals surface area (Å²) in [6, 6.07) is 0. The Morgan fingerprint density at radius 2 is 1.92 bits per heavy atom. The molecule has 0 unspecified atom stereocenters. The van der Waals surface area contributed by atoms with E-state index in [1.807, 2.05) is 20.8 Å². The van der Waals surface area contributed by atoms with Crippen LogP contribution < -0.4 is 0 Å². The first-order chi connectivity index (χ1) is 5.96. The molecular weight excluding hydrogens is 170 g/mol. The Labute approximate surface area is 77.1 Å². The Hall–Kier alpha value is -1.19. The second-order valence-electron chi connectivity index (χ2n) is 4.28. The summed E-state index contributed by atoms with van der Waals surface area (Å²) in [7, 11) is 0. The van der Waals surface area contributed by atoms with Crippen molar-refractivity contribution in [3.63, 3.8) is 0 Å². The van der Waals surface area contributed by atoms with Gasteiger partial charge in [-0.1, -0.05) is 0 Å². The maximum absolute atomic E-state index is 11.4. The smallest absolute Gasteiger partial charge is 0.411 e. The monoisotopic (exact) mass is 183 g/mol. The van der Waals surface area contributed by atoms with E-state index in [1.165, 1.54) is 0 Å². The number of carbonyl (C=O) groups excluding carboxylic acids is 1. The first-order valence-corrected chi connectivity index (χ1v) is 4.33. The summed E-state index contributed by atoms with van der Waals surface area (Å²) in [6.45, 7) is 6.73. The van der Waals surface area contributed by atoms with Gasteiger partial charge < -0.3 is 9.47 Å². The van der Waals surface area contributed by atoms with Gasteiger partial charge in [0.15, 0.2) is 11.5 Å². The molecule has 0 saturated carbocycles. The van der Waals surface area contributed by atoms with Crippen LogP contribution in [0.15, 0.2) is 11.5 Å². The molecule has 2 heterocycles. The molecule has 4 nitrogen and oxygen atoms in total. The lowest BCUT2D eigenvalue weighted by molar-refractivity contribution is 0.0261. The molecule has 2 aliphatic heterocycles. The fourth-order valence-corrected chi connectivity index (χ4v) is 1.22. The number of nitrogens with zero attached hydrogens (tertiary/aromatic N) is 1. The van der Waals surface area contributed by atoms with Crippen molar-refractivity contribution in [1.29, 1.82) is 0 Å². The van der Waals surface area contributed by atoms with Crippen molar-refractivity contribution >= 4 is 6.09 Å². The highest BCUT2D eigenvalue weighted by molar-refractivity contribution is 5.70. The average Bonchev–Trinajstić information content (AvgIpc) is 2.55. The van der Waals surface area contributed by atoms with Gasteiger partial charge in [-0.2, -0.15) is 0 Å². The van der Waals surface area contributed by atoms with Gasteiger partial charge in [0.1, 0.15) is 5.60 Å². The molecule has 0 aliphatic carbocycles. The molecule has 0 aromatic rings. The maximum Gasteiger partial charge on any atom is 0.411 e. The van der Waals surface area contributed by atoms with Gasteiger partial charge in [-0.05, 0) is 20.8 Å². The molecule has 72 valence electrons. The van der Waals surface area contributed by atoms with Crippen molar-refractivity contribution in [3.8, 4) is 0 Å². The van der Waals surface area contributed by atoms with Crippen LogP contribution in [0.1, 0.15) is 20.8 Å². The van der Waals surface area contributed by atoms with Crippen molar-refractivity contribution in [3.05, 3.63) is 11.5 Å². The molecule has 0 spiro atoms. The summed E-state index contributed by atoms with van der Waals surface area (Å²) in [5.74, 6) is 1.87. The van der Waals surface area contributed by atoms with E-state index in [1.54, 1.807) is 4.90 Å². The Morgan fingerprint density at radius 1 is 1.38 bits per heavy atom. The zero-order chi connectivity index (χ0) is 9.64. The Bertz CT molecular complexity index is 274. The molecule has 1 amide bonds. The van der Waals surface area contributed by atoms with E-state index < -0.39 is 5.60 Å². The third-order valence-electron chi connectivity index (χ3n) is 1.84. The summed E-state index contributed by atoms with van der Waals surface area (Å²) < 4.78 is 10.2. The fourth-order valence-electron chi connectivity index (χ4n) is 1.22. The highest BCUT2D eigenvalue weighted by atomic mass is 16.6. The maximum atomic E-state index is 11.4. The molecule has 0 aromatic carbocycles. The normalized spacial score (nSPS) is 19.8. The van der Waals surface area contributed by atoms with E-state index in [-0.39, 0.29) is 6.09 Å². The summed E-state index contributed by atoms with van der Waals surface area (Å²) >= 11 is 0. The van der Waals surface area contributed by atoms with Crippen molar-refractivity contribution in [1.82, 2.24) is 4.90 Å². The molecule has 0 saturated heterocycles. The Morgan fingerprint density at radius 3 is 2.38 bits per heavy atom. The van der Waals surface area contributed by atoms with Crippen LogP contribution in [0.3, 0.4) is 0 Å². The van der Waals surface area contributed by atoms with Gasteiger partial charge in [-0.25, -0.2) is 4.79 Å². The van der Waals surface area contributed by atoms with Crippen LogP contribution in [0.5, 0.6) is 0 Å². The molecule has 0 N–H and O–H groups in total. The number of hydrogen-bond donors (Lipinski definition) is 0. The van der Waals surface area contributed by atoms with Gasteiger partial charge in [-0.3, -0.25) is 4.90 Å². The third kappa shape index (κ3) is 1.76. The average molecular weight is 183 g/mol. The zero-order valence-electron chi connectivity index (χ0n) is 8.09. The van der Waals surface area contributed by atoms with Crippen LogP contribution in [0.2, 0.25) is 0 Å². The predicted octanol–water partition coefficient (Wildman–Crippen LogP) is 1.48. The second kappa shape index (κ2) is 2.40. The molecule has 0 fully saturated rings. The Balaban J connectivity index is 1.85. The third-order valence-corrected chi connectivity index (χ3v) is 1.84. The van der Waals surface area contributed by atoms with Crippen molar-refractivity contribution in [2.45, 2.75) is 26.4 Å². The van der Waals surface area contributed by atoms with Crippen LogP contribution in [-0.2, 0) is 9.47 Å². The molecule has 2 aliphatic rings. The van der Waals surface area contributed by atoms with Gasteiger partial charge >= 0.3 is 6.09 Å². The summed E-state index contributed by atoms with van der Waals surface area (Å²) in [5, 5.41) is 0. The zero-order valence-corrected chi connectivity index (χ0v) is 8.09. The van der Waals surface area contributed by atoms with Gasteiger partial charge in [0, 0.05) is 0 Å². The largest absolute Gasteiger partial charge is 0.455 e. The Kier molecular flexibility index (Phi) is 1.55. The molecule has 0 radical (unpaired) electrons. The number of rotatable bonds is 0. The lowest BCUT2D eigenvalue weighted by Crippen LogP contribution is -2.36. The van der Waals surface area contributed by atoms with Gasteiger partial charge in [-0.15, -0.1) is 0 Å². The molecule has 0 atom stereocenters. The van der Waals surface area contributed by atoms with Gasteiger partial charge in [0.25, 0.3) is 0 Å². The van der Waals surface area contributed by atoms with Crippen LogP contribution in [0, 0.1) is 0 Å². The second-order valence-corrected chi connectivity index (χ2v) is 4.28. The van der Waals surface area contributed by atoms with E-state index in [4.69, 9.17) is 9.47 Å². The predicted molar refractivity (Wildman–Crippen MR) is 45.9 cm³/mol. The van der Waals surface area contributed by atoms with Crippen molar-refractivity contribution < 1.29 is 14.3 Å². The molecule has 0 bridgehead atoms. The standard InChI is InChI=1S/C9H13NO3/c1-9(2,3)13-8(11)10-4-6-7(5-10)12-6/h4-5H2,1-3H3. The number of morpholine rings is 1. The quantitative estimate of drug-likeness (QED) is 0.571. The lowest BCUT2D eigenvalue weighted by atomic mass is 10.2. The number of ether oxygens (including phenoxy) is 2. The molecule has 4 heteroatoms. The summed E-state index contributed by atoms with van der Waals surface area (Å²) in [5.41, 5.74) is -0.417. The van der Waals surface area contributed by atoms with E-state index in [0.717, 1.165) is 11.5 Å². The summed E-state index contributed by atoms with van der Waals surface area (Å²) in [6.07, 6.45) is -0.261. The van der Waals surface area contributed by atoms with Crippen molar-refractivity contribution in [2.75, 3.05) is 13.1 Å². The van der Waals surface area contributed by atoms with Gasteiger partial charge in [0.2, 0.25) is 0 Å².